The van der Waals surface area contributed by atoms with Crippen molar-refractivity contribution in [2.45, 2.75) is 31.8 Å². The van der Waals surface area contributed by atoms with E-state index in [-0.39, 0.29) is 12.1 Å². The standard InChI is InChI=1S/C16H23BrN2O2/c1-5-7-11(6-2)19-14(10-18)12-8-15(20-3)16(21-4)9-13(12)17/h2,8-9,11,14,19H,5,7,10,18H2,1,3-4H3. The van der Waals surface area contributed by atoms with Crippen LogP contribution in [0.2, 0.25) is 0 Å². The smallest absolute Gasteiger partial charge is 0.161 e. The van der Waals surface area contributed by atoms with Gasteiger partial charge in [0.05, 0.1) is 20.3 Å². The lowest BCUT2D eigenvalue weighted by atomic mass is 10.0. The fourth-order valence-electron chi connectivity index (χ4n) is 2.17. The molecule has 2 atom stereocenters. The van der Waals surface area contributed by atoms with E-state index in [1.807, 2.05) is 12.1 Å². The summed E-state index contributed by atoms with van der Waals surface area (Å²) in [5.74, 6) is 4.11. The SMILES string of the molecule is C#CC(CCC)NC(CN)c1cc(OC)c(OC)cc1Br. The molecule has 0 saturated carbocycles. The Kier molecular flexibility index (Phi) is 7.58. The Morgan fingerprint density at radius 1 is 1.33 bits per heavy atom. The summed E-state index contributed by atoms with van der Waals surface area (Å²) in [6.45, 7) is 2.55. The molecule has 1 aromatic rings. The highest BCUT2D eigenvalue weighted by Crippen LogP contribution is 2.36. The molecular weight excluding hydrogens is 332 g/mol. The summed E-state index contributed by atoms with van der Waals surface area (Å²) in [6.07, 6.45) is 7.50. The van der Waals surface area contributed by atoms with E-state index < -0.39 is 0 Å². The minimum Gasteiger partial charge on any atom is -0.493 e. The number of terminal acetylenes is 1. The highest BCUT2D eigenvalue weighted by molar-refractivity contribution is 9.10. The lowest BCUT2D eigenvalue weighted by Crippen LogP contribution is -2.36. The summed E-state index contributed by atoms with van der Waals surface area (Å²) < 4.78 is 11.6. The Balaban J connectivity index is 3.08. The number of nitrogens with one attached hydrogen (secondary N) is 1. The Morgan fingerprint density at radius 3 is 2.43 bits per heavy atom. The molecule has 2 unspecified atom stereocenters. The monoisotopic (exact) mass is 354 g/mol. The predicted molar refractivity (Wildman–Crippen MR) is 89.7 cm³/mol. The zero-order valence-electron chi connectivity index (χ0n) is 12.8. The topological polar surface area (TPSA) is 56.5 Å². The van der Waals surface area contributed by atoms with Gasteiger partial charge in [0.2, 0.25) is 0 Å². The van der Waals surface area contributed by atoms with Crippen LogP contribution in [-0.4, -0.2) is 26.8 Å². The Bertz CT molecular complexity index is 500. The molecule has 0 aliphatic carbocycles. The first-order valence-electron chi connectivity index (χ1n) is 6.94. The number of rotatable bonds is 8. The predicted octanol–water partition coefficient (Wildman–Crippen LogP) is 2.86. The van der Waals surface area contributed by atoms with Crippen LogP contribution in [0.5, 0.6) is 11.5 Å². The molecule has 21 heavy (non-hydrogen) atoms. The van der Waals surface area contributed by atoms with Crippen molar-refractivity contribution in [2.75, 3.05) is 20.8 Å². The van der Waals surface area contributed by atoms with Gasteiger partial charge in [-0.2, -0.15) is 0 Å². The second kappa shape index (κ2) is 8.93. The van der Waals surface area contributed by atoms with Crippen molar-refractivity contribution in [3.63, 3.8) is 0 Å². The van der Waals surface area contributed by atoms with Crippen LogP contribution in [0.15, 0.2) is 16.6 Å². The molecule has 3 N–H and O–H groups in total. The van der Waals surface area contributed by atoms with Gasteiger partial charge in [-0.3, -0.25) is 5.32 Å². The van der Waals surface area contributed by atoms with Crippen molar-refractivity contribution in [1.29, 1.82) is 0 Å². The number of methoxy groups -OCH3 is 2. The van der Waals surface area contributed by atoms with Crippen LogP contribution < -0.4 is 20.5 Å². The maximum absolute atomic E-state index is 5.91. The van der Waals surface area contributed by atoms with Crippen molar-refractivity contribution < 1.29 is 9.47 Å². The van der Waals surface area contributed by atoms with E-state index in [1.54, 1.807) is 14.2 Å². The molecule has 0 radical (unpaired) electrons. The quantitative estimate of drug-likeness (QED) is 0.704. The Hall–Kier alpha value is -1.22. The van der Waals surface area contributed by atoms with Gasteiger partial charge in [0, 0.05) is 17.1 Å². The van der Waals surface area contributed by atoms with Gasteiger partial charge in [0.25, 0.3) is 0 Å². The lowest BCUT2D eigenvalue weighted by molar-refractivity contribution is 0.353. The first-order chi connectivity index (χ1) is 10.1. The van der Waals surface area contributed by atoms with Gasteiger partial charge in [0.15, 0.2) is 11.5 Å². The van der Waals surface area contributed by atoms with Crippen LogP contribution in [0.1, 0.15) is 31.4 Å². The van der Waals surface area contributed by atoms with E-state index in [0.29, 0.717) is 18.0 Å². The number of hydrogen-bond acceptors (Lipinski definition) is 4. The van der Waals surface area contributed by atoms with Crippen LogP contribution in [0.3, 0.4) is 0 Å². The summed E-state index contributed by atoms with van der Waals surface area (Å²) in [5.41, 5.74) is 6.92. The summed E-state index contributed by atoms with van der Waals surface area (Å²) >= 11 is 3.56. The van der Waals surface area contributed by atoms with E-state index in [2.05, 4.69) is 34.1 Å². The van der Waals surface area contributed by atoms with E-state index in [1.165, 1.54) is 0 Å². The molecule has 0 fully saturated rings. The van der Waals surface area contributed by atoms with E-state index in [4.69, 9.17) is 21.6 Å². The molecule has 116 valence electrons. The first-order valence-corrected chi connectivity index (χ1v) is 7.74. The van der Waals surface area contributed by atoms with Gasteiger partial charge in [0.1, 0.15) is 0 Å². The number of halogens is 1. The molecule has 0 saturated heterocycles. The Labute approximate surface area is 135 Å². The summed E-state index contributed by atoms with van der Waals surface area (Å²) in [6, 6.07) is 3.76. The Morgan fingerprint density at radius 2 is 1.95 bits per heavy atom. The summed E-state index contributed by atoms with van der Waals surface area (Å²) in [5, 5.41) is 3.41. The van der Waals surface area contributed by atoms with Crippen molar-refractivity contribution in [1.82, 2.24) is 5.32 Å². The number of nitrogens with two attached hydrogens (primary N) is 1. The lowest BCUT2D eigenvalue weighted by Gasteiger charge is -2.23. The van der Waals surface area contributed by atoms with Crippen LogP contribution >= 0.6 is 15.9 Å². The maximum Gasteiger partial charge on any atom is 0.161 e. The number of hydrogen-bond donors (Lipinski definition) is 2. The highest BCUT2D eigenvalue weighted by Gasteiger charge is 2.19. The molecule has 0 amide bonds. The summed E-state index contributed by atoms with van der Waals surface area (Å²) in [7, 11) is 3.22. The zero-order chi connectivity index (χ0) is 15.8. The fraction of sp³-hybridized carbons (Fsp3) is 0.500. The van der Waals surface area contributed by atoms with Crippen LogP contribution in [0, 0.1) is 12.3 Å². The van der Waals surface area contributed by atoms with Gasteiger partial charge in [-0.25, -0.2) is 0 Å². The average molecular weight is 355 g/mol. The summed E-state index contributed by atoms with van der Waals surface area (Å²) in [4.78, 5) is 0. The number of benzene rings is 1. The van der Waals surface area contributed by atoms with Gasteiger partial charge in [-0.05, 0) is 24.1 Å². The van der Waals surface area contributed by atoms with Gasteiger partial charge in [-0.15, -0.1) is 6.42 Å². The molecule has 0 aliphatic rings. The van der Waals surface area contributed by atoms with E-state index >= 15 is 0 Å². The van der Waals surface area contributed by atoms with Crippen LogP contribution in [0.25, 0.3) is 0 Å². The molecule has 0 bridgehead atoms. The van der Waals surface area contributed by atoms with Gasteiger partial charge in [-0.1, -0.05) is 35.2 Å². The van der Waals surface area contributed by atoms with Gasteiger partial charge >= 0.3 is 0 Å². The highest BCUT2D eigenvalue weighted by atomic mass is 79.9. The second-order valence-electron chi connectivity index (χ2n) is 4.69. The third-order valence-corrected chi connectivity index (χ3v) is 3.98. The number of ether oxygens (including phenoxy) is 2. The molecule has 0 heterocycles. The molecule has 0 aromatic heterocycles. The van der Waals surface area contributed by atoms with E-state index in [9.17, 15) is 0 Å². The molecular formula is C16H23BrN2O2. The van der Waals surface area contributed by atoms with Crippen molar-refractivity contribution in [3.05, 3.63) is 22.2 Å². The molecule has 1 rings (SSSR count). The van der Waals surface area contributed by atoms with E-state index in [0.717, 1.165) is 22.9 Å². The average Bonchev–Trinajstić information content (AvgIpc) is 2.51. The fourth-order valence-corrected chi connectivity index (χ4v) is 2.77. The minimum absolute atomic E-state index is 0.00328. The van der Waals surface area contributed by atoms with Crippen LogP contribution in [-0.2, 0) is 0 Å². The molecule has 5 heteroatoms. The zero-order valence-corrected chi connectivity index (χ0v) is 14.4. The largest absolute Gasteiger partial charge is 0.493 e. The van der Waals surface area contributed by atoms with Crippen molar-refractivity contribution in [3.8, 4) is 23.8 Å². The normalized spacial score (nSPS) is 13.3. The minimum atomic E-state index is -0.0493. The third kappa shape index (κ3) is 4.63. The molecule has 1 aromatic carbocycles. The molecule has 0 aliphatic heterocycles. The second-order valence-corrected chi connectivity index (χ2v) is 5.55. The van der Waals surface area contributed by atoms with Crippen molar-refractivity contribution in [2.24, 2.45) is 5.73 Å². The molecule has 0 spiro atoms. The third-order valence-electron chi connectivity index (χ3n) is 3.29. The van der Waals surface area contributed by atoms with Gasteiger partial charge < -0.3 is 15.2 Å². The molecule has 4 nitrogen and oxygen atoms in total. The van der Waals surface area contributed by atoms with Crippen molar-refractivity contribution >= 4 is 15.9 Å². The first kappa shape index (κ1) is 17.8. The maximum atomic E-state index is 5.91. The van der Waals surface area contributed by atoms with Crippen LogP contribution in [0.4, 0.5) is 0 Å².